The average Bonchev–Trinajstić information content (AvgIpc) is 3.01. The van der Waals surface area contributed by atoms with Crippen molar-refractivity contribution in [3.05, 3.63) is 36.7 Å². The molecule has 1 fully saturated rings. The fourth-order valence-corrected chi connectivity index (χ4v) is 2.90. The molecule has 1 aromatic carbocycles. The summed E-state index contributed by atoms with van der Waals surface area (Å²) in [4.78, 5) is 14.0. The third kappa shape index (κ3) is 3.01. The smallest absolute Gasteiger partial charge is 0.242 e. The zero-order chi connectivity index (χ0) is 15.6. The number of rotatable bonds is 3. The van der Waals surface area contributed by atoms with E-state index >= 15 is 0 Å². The third-order valence-electron chi connectivity index (χ3n) is 4.17. The zero-order valence-corrected chi connectivity index (χ0v) is 12.9. The van der Waals surface area contributed by atoms with Gasteiger partial charge in [-0.05, 0) is 49.1 Å². The monoisotopic (exact) mass is 299 g/mol. The number of anilines is 1. The lowest BCUT2D eigenvalue weighted by atomic mass is 9.77. The average molecular weight is 299 g/mol. The van der Waals surface area contributed by atoms with Crippen molar-refractivity contribution in [3.63, 3.8) is 0 Å². The number of piperidine rings is 1. The Bertz CT molecular complexity index is 633. The minimum Gasteiger partial charge on any atom is -0.325 e. The van der Waals surface area contributed by atoms with Crippen molar-refractivity contribution in [2.24, 2.45) is 5.41 Å². The number of nitrogens with one attached hydrogen (secondary N) is 2. The van der Waals surface area contributed by atoms with Gasteiger partial charge in [0.05, 0.1) is 24.1 Å². The Hall–Kier alpha value is -2.21. The van der Waals surface area contributed by atoms with Crippen molar-refractivity contribution in [1.82, 2.24) is 20.3 Å². The number of aromatic nitrogens is 3. The lowest BCUT2D eigenvalue weighted by Gasteiger charge is -2.38. The molecule has 1 atom stereocenters. The molecule has 0 radical (unpaired) electrons. The second kappa shape index (κ2) is 5.88. The summed E-state index contributed by atoms with van der Waals surface area (Å²) in [7, 11) is 0. The molecule has 2 N–H and O–H groups in total. The minimum absolute atomic E-state index is 0.0228. The molecule has 0 aliphatic carbocycles. The van der Waals surface area contributed by atoms with Crippen LogP contribution in [0.25, 0.3) is 5.69 Å². The maximum absolute atomic E-state index is 12.5. The van der Waals surface area contributed by atoms with Crippen LogP contribution in [-0.4, -0.2) is 33.5 Å². The summed E-state index contributed by atoms with van der Waals surface area (Å²) in [5.74, 6) is 0.0228. The second-order valence-electron chi connectivity index (χ2n) is 6.33. The fraction of sp³-hybridized carbons (Fsp3) is 0.438. The lowest BCUT2D eigenvalue weighted by Crippen LogP contribution is -2.53. The lowest BCUT2D eigenvalue weighted by molar-refractivity contribution is -0.121. The van der Waals surface area contributed by atoms with Gasteiger partial charge in [-0.25, -0.2) is 0 Å². The van der Waals surface area contributed by atoms with E-state index in [2.05, 4.69) is 34.7 Å². The molecule has 1 unspecified atom stereocenters. The predicted molar refractivity (Wildman–Crippen MR) is 84.8 cm³/mol. The molecule has 2 aromatic rings. The molecule has 0 saturated carbocycles. The number of amides is 1. The fourth-order valence-electron chi connectivity index (χ4n) is 2.90. The van der Waals surface area contributed by atoms with Crippen LogP contribution in [0, 0.1) is 5.41 Å². The van der Waals surface area contributed by atoms with Gasteiger partial charge in [-0.15, -0.1) is 0 Å². The summed E-state index contributed by atoms with van der Waals surface area (Å²) in [6, 6.07) is 7.34. The van der Waals surface area contributed by atoms with Gasteiger partial charge < -0.3 is 10.6 Å². The molecule has 1 saturated heterocycles. The largest absolute Gasteiger partial charge is 0.325 e. The highest BCUT2D eigenvalue weighted by Crippen LogP contribution is 2.30. The van der Waals surface area contributed by atoms with E-state index in [1.165, 1.54) is 4.80 Å². The highest BCUT2D eigenvalue weighted by atomic mass is 16.2. The van der Waals surface area contributed by atoms with E-state index in [4.69, 9.17) is 0 Å². The van der Waals surface area contributed by atoms with E-state index in [0.717, 1.165) is 30.8 Å². The number of hydrogen-bond donors (Lipinski definition) is 2. The molecule has 1 amide bonds. The Kier molecular flexibility index (Phi) is 3.94. The summed E-state index contributed by atoms with van der Waals surface area (Å²) < 4.78 is 0. The van der Waals surface area contributed by atoms with E-state index in [1.54, 1.807) is 12.4 Å². The highest BCUT2D eigenvalue weighted by molar-refractivity contribution is 5.95. The van der Waals surface area contributed by atoms with E-state index < -0.39 is 0 Å². The van der Waals surface area contributed by atoms with Gasteiger partial charge in [-0.2, -0.15) is 15.0 Å². The Labute approximate surface area is 129 Å². The van der Waals surface area contributed by atoms with Crippen LogP contribution in [0.1, 0.15) is 26.7 Å². The Morgan fingerprint density at radius 1 is 1.27 bits per heavy atom. The van der Waals surface area contributed by atoms with Crippen molar-refractivity contribution >= 4 is 11.6 Å². The normalized spacial score (nSPS) is 20.5. The van der Waals surface area contributed by atoms with Crippen molar-refractivity contribution in [3.8, 4) is 5.69 Å². The molecule has 3 rings (SSSR count). The van der Waals surface area contributed by atoms with Gasteiger partial charge in [0.25, 0.3) is 0 Å². The van der Waals surface area contributed by atoms with Crippen LogP contribution in [0.3, 0.4) is 0 Å². The van der Waals surface area contributed by atoms with Gasteiger partial charge in [0.15, 0.2) is 0 Å². The van der Waals surface area contributed by atoms with Crippen LogP contribution in [0.5, 0.6) is 0 Å². The summed E-state index contributed by atoms with van der Waals surface area (Å²) in [5.41, 5.74) is 1.62. The minimum atomic E-state index is -0.159. The first-order valence-electron chi connectivity index (χ1n) is 7.57. The van der Waals surface area contributed by atoms with Gasteiger partial charge in [0.2, 0.25) is 5.91 Å². The molecule has 6 heteroatoms. The van der Waals surface area contributed by atoms with Crippen LogP contribution in [-0.2, 0) is 4.79 Å². The van der Waals surface area contributed by atoms with Gasteiger partial charge in [0.1, 0.15) is 0 Å². The van der Waals surface area contributed by atoms with Crippen LogP contribution >= 0.6 is 0 Å². The van der Waals surface area contributed by atoms with Gasteiger partial charge in [-0.3, -0.25) is 4.79 Å². The highest BCUT2D eigenvalue weighted by Gasteiger charge is 2.36. The SMILES string of the molecule is CC1(C)CCCNC1C(=O)Nc1ccc(-n2nccn2)cc1. The van der Waals surface area contributed by atoms with Crippen molar-refractivity contribution in [1.29, 1.82) is 0 Å². The molecule has 2 heterocycles. The second-order valence-corrected chi connectivity index (χ2v) is 6.33. The predicted octanol–water partition coefficient (Wildman–Crippen LogP) is 1.98. The molecular weight excluding hydrogens is 278 g/mol. The molecule has 1 aromatic heterocycles. The van der Waals surface area contributed by atoms with E-state index in [0.29, 0.717) is 0 Å². The standard InChI is InChI=1S/C16H21N5O/c1-16(2)8-3-9-17-14(16)15(22)20-12-4-6-13(7-5-12)21-18-10-11-19-21/h4-7,10-11,14,17H,3,8-9H2,1-2H3,(H,20,22). The number of carbonyl (C=O) groups is 1. The first kappa shape index (κ1) is 14.7. The van der Waals surface area contributed by atoms with Crippen molar-refractivity contribution in [2.75, 3.05) is 11.9 Å². The van der Waals surface area contributed by atoms with Gasteiger partial charge >= 0.3 is 0 Å². The summed E-state index contributed by atoms with van der Waals surface area (Å²) in [6.07, 6.45) is 5.43. The molecular formula is C16H21N5O. The van der Waals surface area contributed by atoms with Gasteiger partial charge in [0, 0.05) is 5.69 Å². The molecule has 0 bridgehead atoms. The molecule has 0 spiro atoms. The van der Waals surface area contributed by atoms with Crippen LogP contribution in [0.2, 0.25) is 0 Å². The Morgan fingerprint density at radius 2 is 1.95 bits per heavy atom. The summed E-state index contributed by atoms with van der Waals surface area (Å²) >= 11 is 0. The Morgan fingerprint density at radius 3 is 2.59 bits per heavy atom. The molecule has 1 aliphatic heterocycles. The van der Waals surface area contributed by atoms with E-state index in [-0.39, 0.29) is 17.4 Å². The first-order valence-corrected chi connectivity index (χ1v) is 7.57. The number of hydrogen-bond acceptors (Lipinski definition) is 4. The van der Waals surface area contributed by atoms with Crippen LogP contribution in [0.4, 0.5) is 5.69 Å². The maximum atomic E-state index is 12.5. The quantitative estimate of drug-likeness (QED) is 0.909. The first-order chi connectivity index (χ1) is 10.6. The number of benzene rings is 1. The molecule has 22 heavy (non-hydrogen) atoms. The van der Waals surface area contributed by atoms with Crippen molar-refractivity contribution in [2.45, 2.75) is 32.7 Å². The Balaban J connectivity index is 1.69. The molecule has 116 valence electrons. The molecule has 1 aliphatic rings. The van der Waals surface area contributed by atoms with Crippen LogP contribution in [0.15, 0.2) is 36.7 Å². The molecule has 6 nitrogen and oxygen atoms in total. The van der Waals surface area contributed by atoms with Gasteiger partial charge in [-0.1, -0.05) is 13.8 Å². The topological polar surface area (TPSA) is 71.8 Å². The van der Waals surface area contributed by atoms with E-state index in [9.17, 15) is 4.79 Å². The zero-order valence-electron chi connectivity index (χ0n) is 12.9. The summed E-state index contributed by atoms with van der Waals surface area (Å²) in [5, 5.41) is 14.5. The van der Waals surface area contributed by atoms with Crippen LogP contribution < -0.4 is 10.6 Å². The number of nitrogens with zero attached hydrogens (tertiary/aromatic N) is 3. The summed E-state index contributed by atoms with van der Waals surface area (Å²) in [6.45, 7) is 5.16. The number of carbonyl (C=O) groups excluding carboxylic acids is 1. The van der Waals surface area contributed by atoms with Crippen molar-refractivity contribution < 1.29 is 4.79 Å². The maximum Gasteiger partial charge on any atom is 0.242 e. The van der Waals surface area contributed by atoms with E-state index in [1.807, 2.05) is 24.3 Å². The third-order valence-corrected chi connectivity index (χ3v) is 4.17.